The van der Waals surface area contributed by atoms with Gasteiger partial charge in [0.05, 0.1) is 10.5 Å². The largest absolute Gasteiger partial charge is 0.454 e. The van der Waals surface area contributed by atoms with Crippen molar-refractivity contribution in [2.24, 2.45) is 16.6 Å². The Bertz CT molecular complexity index is 483. The smallest absolute Gasteiger partial charge is 0.257 e. The zero-order valence-electron chi connectivity index (χ0n) is 8.31. The number of halogens is 1. The normalized spacial score (nSPS) is 12.3. The highest BCUT2D eigenvalue weighted by atomic mass is 79.9. The van der Waals surface area contributed by atoms with Crippen molar-refractivity contribution in [1.82, 2.24) is 0 Å². The van der Waals surface area contributed by atoms with Gasteiger partial charge in [-0.15, -0.1) is 0 Å². The minimum absolute atomic E-state index is 0.0698. The van der Waals surface area contributed by atoms with Gasteiger partial charge < -0.3 is 20.9 Å². The summed E-state index contributed by atoms with van der Waals surface area (Å²) in [5, 5.41) is 3.80. The Morgan fingerprint density at radius 1 is 1.38 bits per heavy atom. The number of hydrazone groups is 1. The minimum atomic E-state index is -0.0698. The highest BCUT2D eigenvalue weighted by Crippen LogP contribution is 2.40. The first kappa shape index (κ1) is 10.7. The molecule has 0 saturated heterocycles. The summed E-state index contributed by atoms with van der Waals surface area (Å²) >= 11 is 3.37. The third kappa shape index (κ3) is 1.94. The van der Waals surface area contributed by atoms with Crippen molar-refractivity contribution >= 4 is 34.3 Å². The fourth-order valence-corrected chi connectivity index (χ4v) is 1.82. The van der Waals surface area contributed by atoms with Crippen molar-refractivity contribution in [3.63, 3.8) is 0 Å². The number of guanidine groups is 1. The first-order valence-electron chi connectivity index (χ1n) is 4.37. The third-order valence-electron chi connectivity index (χ3n) is 1.96. The van der Waals surface area contributed by atoms with Crippen LogP contribution in [0.4, 0.5) is 5.69 Å². The van der Waals surface area contributed by atoms with Crippen LogP contribution in [0.25, 0.3) is 0 Å². The first-order chi connectivity index (χ1) is 7.58. The first-order valence-corrected chi connectivity index (χ1v) is 5.16. The highest BCUT2D eigenvalue weighted by Gasteiger charge is 2.21. The molecule has 0 aliphatic carbocycles. The van der Waals surface area contributed by atoms with E-state index in [1.165, 1.54) is 4.68 Å². The lowest BCUT2D eigenvalue weighted by Gasteiger charge is -1.99. The molecule has 0 unspecified atom stereocenters. The van der Waals surface area contributed by atoms with Crippen molar-refractivity contribution in [3.05, 3.63) is 16.6 Å². The molecule has 0 fully saturated rings. The zero-order chi connectivity index (χ0) is 11.7. The van der Waals surface area contributed by atoms with Crippen LogP contribution in [-0.4, -0.2) is 24.2 Å². The Morgan fingerprint density at radius 3 is 2.62 bits per heavy atom. The Kier molecular flexibility index (Phi) is 2.69. The summed E-state index contributed by atoms with van der Waals surface area (Å²) in [5.74, 6) is 1.24. The van der Waals surface area contributed by atoms with Gasteiger partial charge in [-0.1, -0.05) is 4.68 Å². The fourth-order valence-electron chi connectivity index (χ4n) is 1.30. The lowest BCUT2D eigenvalue weighted by molar-refractivity contribution is -0.436. The van der Waals surface area contributed by atoms with Crippen LogP contribution < -0.4 is 20.9 Å². The van der Waals surface area contributed by atoms with Gasteiger partial charge in [-0.3, -0.25) is 0 Å². The molecule has 0 spiro atoms. The summed E-state index contributed by atoms with van der Waals surface area (Å²) in [6, 6.07) is 3.52. The van der Waals surface area contributed by atoms with Gasteiger partial charge in [0.1, 0.15) is 0 Å². The van der Waals surface area contributed by atoms with Crippen molar-refractivity contribution < 1.29 is 14.2 Å². The topological polar surface area (TPSA) is 85.9 Å². The van der Waals surface area contributed by atoms with Crippen LogP contribution >= 0.6 is 15.9 Å². The Hall–Kier alpha value is -1.76. The van der Waals surface area contributed by atoms with E-state index < -0.39 is 0 Å². The molecule has 4 N–H and O–H groups in total. The molecule has 1 aromatic carbocycles. The molecule has 6 nitrogen and oxygen atoms in total. The van der Waals surface area contributed by atoms with Gasteiger partial charge in [-0.25, -0.2) is 0 Å². The van der Waals surface area contributed by atoms with Crippen LogP contribution in [0.1, 0.15) is 0 Å². The predicted octanol–water partition coefficient (Wildman–Crippen LogP) is 0.711. The van der Waals surface area contributed by atoms with E-state index >= 15 is 0 Å². The summed E-state index contributed by atoms with van der Waals surface area (Å²) < 4.78 is 12.5. The molecular formula is C9H10BrN4O2+. The van der Waals surface area contributed by atoms with Crippen LogP contribution in [0.3, 0.4) is 0 Å². The molecule has 2 rings (SSSR count). The van der Waals surface area contributed by atoms with E-state index in [2.05, 4.69) is 27.7 Å². The van der Waals surface area contributed by atoms with Crippen LogP contribution in [0, 0.1) is 0 Å². The molecule has 0 amide bonds. The van der Waals surface area contributed by atoms with Gasteiger partial charge in [-0.05, 0) is 15.9 Å². The minimum Gasteiger partial charge on any atom is -0.454 e. The molecule has 1 aliphatic heterocycles. The molecule has 0 saturated carbocycles. The van der Waals surface area contributed by atoms with Gasteiger partial charge >= 0.3 is 0 Å². The van der Waals surface area contributed by atoms with Gasteiger partial charge in [0.15, 0.2) is 18.2 Å². The molecule has 1 aliphatic rings. The zero-order valence-corrected chi connectivity index (χ0v) is 9.90. The molecule has 16 heavy (non-hydrogen) atoms. The van der Waals surface area contributed by atoms with Crippen LogP contribution in [0.2, 0.25) is 0 Å². The maximum Gasteiger partial charge on any atom is 0.257 e. The van der Waals surface area contributed by atoms with Gasteiger partial charge in [-0.2, -0.15) is 0 Å². The van der Waals surface area contributed by atoms with Gasteiger partial charge in [0.2, 0.25) is 6.79 Å². The summed E-state index contributed by atoms with van der Waals surface area (Å²) in [4.78, 5) is 0. The molecule has 84 valence electrons. The maximum atomic E-state index is 5.27. The monoisotopic (exact) mass is 285 g/mol. The molecule has 0 bridgehead atoms. The molecule has 0 atom stereocenters. The Balaban J connectivity index is 2.42. The van der Waals surface area contributed by atoms with E-state index in [9.17, 15) is 0 Å². The summed E-state index contributed by atoms with van der Waals surface area (Å²) in [6.45, 7) is 3.91. The van der Waals surface area contributed by atoms with Crippen molar-refractivity contribution in [2.45, 2.75) is 0 Å². The second-order valence-electron chi connectivity index (χ2n) is 3.08. The van der Waals surface area contributed by atoms with E-state index in [1.807, 2.05) is 0 Å². The molecule has 0 radical (unpaired) electrons. The standard InChI is InChI=1S/C9H10BrN4O2/c1-14(13-9(11)12)6-3-8-7(2-5(6)10)15-4-16-8/h2-3H,1,4H2,(H4,11,12,13)/q+1. The quantitative estimate of drug-likeness (QED) is 0.363. The average Bonchev–Trinajstić information content (AvgIpc) is 2.61. The average molecular weight is 286 g/mol. The van der Waals surface area contributed by atoms with Crippen molar-refractivity contribution in [1.29, 1.82) is 0 Å². The number of fused-ring (bicyclic) bond motifs is 1. The fraction of sp³-hybridized carbons (Fsp3) is 0.111. The predicted molar refractivity (Wildman–Crippen MR) is 63.1 cm³/mol. The second kappa shape index (κ2) is 4.01. The maximum absolute atomic E-state index is 5.27. The number of rotatable bonds is 2. The van der Waals surface area contributed by atoms with Crippen LogP contribution in [0.5, 0.6) is 11.5 Å². The lowest BCUT2D eigenvalue weighted by atomic mass is 10.3. The lowest BCUT2D eigenvalue weighted by Crippen LogP contribution is -2.24. The molecule has 7 heteroatoms. The van der Waals surface area contributed by atoms with E-state index in [0.29, 0.717) is 17.2 Å². The Labute approximate surface area is 100 Å². The summed E-state index contributed by atoms with van der Waals surface area (Å²) in [6.07, 6.45) is 0. The SMILES string of the molecule is C=[N+](N=C(N)N)c1cc2c(cc1Br)OCO2. The van der Waals surface area contributed by atoms with Gasteiger partial charge in [0, 0.05) is 11.2 Å². The number of ether oxygens (including phenoxy) is 2. The summed E-state index contributed by atoms with van der Waals surface area (Å²) in [5.41, 5.74) is 11.2. The number of nitrogens with two attached hydrogens (primary N) is 2. The molecule has 1 aromatic rings. The van der Waals surface area contributed by atoms with Crippen molar-refractivity contribution in [3.8, 4) is 11.5 Å². The second-order valence-corrected chi connectivity index (χ2v) is 3.94. The number of nitrogens with zero attached hydrogens (tertiary/aromatic N) is 2. The Morgan fingerprint density at radius 2 is 2.00 bits per heavy atom. The van der Waals surface area contributed by atoms with Crippen LogP contribution in [-0.2, 0) is 0 Å². The molecule has 1 heterocycles. The number of benzene rings is 1. The molecular weight excluding hydrogens is 276 g/mol. The van der Waals surface area contributed by atoms with E-state index in [4.69, 9.17) is 20.9 Å². The van der Waals surface area contributed by atoms with Gasteiger partial charge in [0.25, 0.3) is 11.6 Å². The van der Waals surface area contributed by atoms with E-state index in [1.54, 1.807) is 12.1 Å². The van der Waals surface area contributed by atoms with E-state index in [-0.39, 0.29) is 12.8 Å². The number of hydrogen-bond donors (Lipinski definition) is 2. The van der Waals surface area contributed by atoms with Crippen molar-refractivity contribution in [2.75, 3.05) is 6.79 Å². The molecule has 0 aromatic heterocycles. The highest BCUT2D eigenvalue weighted by molar-refractivity contribution is 9.10. The van der Waals surface area contributed by atoms with Crippen LogP contribution in [0.15, 0.2) is 21.7 Å². The van der Waals surface area contributed by atoms with E-state index in [0.717, 1.165) is 4.47 Å². The third-order valence-corrected chi connectivity index (χ3v) is 2.59. The summed E-state index contributed by atoms with van der Waals surface area (Å²) in [7, 11) is 0. The number of hydrogen-bond acceptors (Lipinski definition) is 3.